The number of hydrogen-bond donors (Lipinski definition) is 1. The normalized spacial score (nSPS) is 18.0. The Balaban J connectivity index is 0.00000180. The van der Waals surface area contributed by atoms with Crippen molar-refractivity contribution in [1.29, 1.82) is 0 Å². The third-order valence-corrected chi connectivity index (χ3v) is 3.23. The molecule has 19 heavy (non-hydrogen) atoms. The van der Waals surface area contributed by atoms with Crippen molar-refractivity contribution in [1.82, 2.24) is 4.90 Å². The lowest BCUT2D eigenvalue weighted by atomic mass is 10.3. The molecule has 2 rings (SSSR count). The Morgan fingerprint density at radius 2 is 2.11 bits per heavy atom. The molecule has 0 saturated carbocycles. The molecule has 0 aromatic heterocycles. The smallest absolute Gasteiger partial charge is 0.226 e. The zero-order valence-corrected chi connectivity index (χ0v) is 12.1. The molecule has 106 valence electrons. The molecule has 0 radical (unpaired) electrons. The lowest BCUT2D eigenvalue weighted by molar-refractivity contribution is -0.130. The molecule has 1 aliphatic heterocycles. The summed E-state index contributed by atoms with van der Waals surface area (Å²) in [6.45, 7) is 1.81. The summed E-state index contributed by atoms with van der Waals surface area (Å²) >= 11 is 5.77. The highest BCUT2D eigenvalue weighted by molar-refractivity contribution is 6.30. The van der Waals surface area contributed by atoms with Crippen LogP contribution in [0.25, 0.3) is 0 Å². The average Bonchev–Trinajstić information content (AvgIpc) is 2.78. The molecule has 1 aromatic carbocycles. The third-order valence-electron chi connectivity index (χ3n) is 2.98. The molecule has 2 N–H and O–H groups in total. The first-order valence-electron chi connectivity index (χ1n) is 6.07. The van der Waals surface area contributed by atoms with Crippen molar-refractivity contribution in [2.45, 2.75) is 18.9 Å². The molecule has 1 atom stereocenters. The van der Waals surface area contributed by atoms with Crippen LogP contribution in [0.2, 0.25) is 5.02 Å². The number of hydrogen-bond acceptors (Lipinski definition) is 3. The van der Waals surface area contributed by atoms with E-state index in [-0.39, 0.29) is 24.4 Å². The second-order valence-corrected chi connectivity index (χ2v) is 4.88. The van der Waals surface area contributed by atoms with Gasteiger partial charge >= 0.3 is 0 Å². The predicted molar refractivity (Wildman–Crippen MR) is 78.0 cm³/mol. The largest absolute Gasteiger partial charge is 0.493 e. The van der Waals surface area contributed by atoms with Gasteiger partial charge in [0, 0.05) is 24.2 Å². The Hall–Kier alpha value is -0.970. The highest BCUT2D eigenvalue weighted by Gasteiger charge is 2.22. The minimum absolute atomic E-state index is 0. The summed E-state index contributed by atoms with van der Waals surface area (Å²) in [6.07, 6.45) is 1.28. The van der Waals surface area contributed by atoms with Gasteiger partial charge in [0.15, 0.2) is 0 Å². The van der Waals surface area contributed by atoms with E-state index in [4.69, 9.17) is 22.1 Å². The monoisotopic (exact) mass is 304 g/mol. The summed E-state index contributed by atoms with van der Waals surface area (Å²) in [5.41, 5.74) is 5.76. The van der Waals surface area contributed by atoms with Gasteiger partial charge in [0.25, 0.3) is 0 Å². The first-order valence-corrected chi connectivity index (χ1v) is 6.44. The Kier molecular flexibility index (Phi) is 6.42. The first kappa shape index (κ1) is 16.1. The standard InChI is InChI=1S/C13H17ClN2O2.ClH/c14-10-1-3-12(4-2-10)18-8-6-13(17)16-7-5-11(15)9-16;/h1-4,11H,5-9,15H2;1H/t11-;/m1./s1. The van der Waals surface area contributed by atoms with Gasteiger partial charge in [0.1, 0.15) is 5.75 Å². The minimum Gasteiger partial charge on any atom is -0.493 e. The number of nitrogens with zero attached hydrogens (tertiary/aromatic N) is 1. The van der Waals surface area contributed by atoms with E-state index in [2.05, 4.69) is 0 Å². The molecule has 1 aliphatic rings. The van der Waals surface area contributed by atoms with E-state index >= 15 is 0 Å². The quantitative estimate of drug-likeness (QED) is 0.926. The van der Waals surface area contributed by atoms with Crippen LogP contribution in [0.5, 0.6) is 5.75 Å². The van der Waals surface area contributed by atoms with E-state index in [9.17, 15) is 4.79 Å². The van der Waals surface area contributed by atoms with Crippen LogP contribution in [0.15, 0.2) is 24.3 Å². The lowest BCUT2D eigenvalue weighted by Gasteiger charge is -2.15. The van der Waals surface area contributed by atoms with E-state index in [1.165, 1.54) is 0 Å². The number of nitrogens with two attached hydrogens (primary N) is 1. The Morgan fingerprint density at radius 1 is 1.42 bits per heavy atom. The number of amides is 1. The number of halogens is 2. The molecule has 0 spiro atoms. The van der Waals surface area contributed by atoms with Crippen LogP contribution in [-0.2, 0) is 4.79 Å². The summed E-state index contributed by atoms with van der Waals surface area (Å²) in [5, 5.41) is 0.671. The molecule has 1 heterocycles. The van der Waals surface area contributed by atoms with Crippen molar-refractivity contribution in [2.24, 2.45) is 5.73 Å². The van der Waals surface area contributed by atoms with E-state index in [0.717, 1.165) is 18.7 Å². The molecule has 0 unspecified atom stereocenters. The number of benzene rings is 1. The van der Waals surface area contributed by atoms with Gasteiger partial charge < -0.3 is 15.4 Å². The van der Waals surface area contributed by atoms with Crippen molar-refractivity contribution < 1.29 is 9.53 Å². The van der Waals surface area contributed by atoms with Crippen LogP contribution in [0.3, 0.4) is 0 Å². The average molecular weight is 305 g/mol. The van der Waals surface area contributed by atoms with E-state index < -0.39 is 0 Å². The number of carbonyl (C=O) groups is 1. The van der Waals surface area contributed by atoms with Crippen LogP contribution in [0.4, 0.5) is 0 Å². The molecule has 6 heteroatoms. The summed E-state index contributed by atoms with van der Waals surface area (Å²) in [6, 6.07) is 7.24. The van der Waals surface area contributed by atoms with Gasteiger partial charge in [-0.25, -0.2) is 0 Å². The van der Waals surface area contributed by atoms with Crippen molar-refractivity contribution in [3.8, 4) is 5.75 Å². The topological polar surface area (TPSA) is 55.6 Å². The van der Waals surface area contributed by atoms with Crippen LogP contribution >= 0.6 is 24.0 Å². The van der Waals surface area contributed by atoms with Crippen LogP contribution in [0, 0.1) is 0 Å². The van der Waals surface area contributed by atoms with Gasteiger partial charge in [-0.1, -0.05) is 11.6 Å². The summed E-state index contributed by atoms with van der Waals surface area (Å²) in [7, 11) is 0. The van der Waals surface area contributed by atoms with Crippen LogP contribution in [0.1, 0.15) is 12.8 Å². The fourth-order valence-electron chi connectivity index (χ4n) is 1.96. The van der Waals surface area contributed by atoms with Gasteiger partial charge in [-0.2, -0.15) is 0 Å². The third kappa shape index (κ3) is 4.90. The maximum Gasteiger partial charge on any atom is 0.226 e. The van der Waals surface area contributed by atoms with Gasteiger partial charge in [-0.15, -0.1) is 12.4 Å². The van der Waals surface area contributed by atoms with Gasteiger partial charge in [0.05, 0.1) is 13.0 Å². The number of rotatable bonds is 4. The van der Waals surface area contributed by atoms with E-state index in [1.807, 2.05) is 0 Å². The maximum absolute atomic E-state index is 11.8. The zero-order valence-electron chi connectivity index (χ0n) is 10.5. The highest BCUT2D eigenvalue weighted by Crippen LogP contribution is 2.16. The second kappa shape index (κ2) is 7.58. The Morgan fingerprint density at radius 3 is 2.68 bits per heavy atom. The summed E-state index contributed by atoms with van der Waals surface area (Å²) in [5.74, 6) is 0.835. The lowest BCUT2D eigenvalue weighted by Crippen LogP contribution is -2.32. The maximum atomic E-state index is 11.8. The van der Waals surface area contributed by atoms with Gasteiger partial charge in [0.2, 0.25) is 5.91 Å². The molecule has 0 aliphatic carbocycles. The molecular weight excluding hydrogens is 287 g/mol. The second-order valence-electron chi connectivity index (χ2n) is 4.44. The van der Waals surface area contributed by atoms with Crippen molar-refractivity contribution in [3.63, 3.8) is 0 Å². The van der Waals surface area contributed by atoms with Crippen molar-refractivity contribution >= 4 is 29.9 Å². The molecule has 1 amide bonds. The molecule has 4 nitrogen and oxygen atoms in total. The van der Waals surface area contributed by atoms with E-state index in [1.54, 1.807) is 29.2 Å². The Labute approximate surface area is 124 Å². The number of carbonyl (C=O) groups excluding carboxylic acids is 1. The zero-order chi connectivity index (χ0) is 13.0. The number of likely N-dealkylation sites (tertiary alicyclic amines) is 1. The molecule has 1 saturated heterocycles. The summed E-state index contributed by atoms with van der Waals surface area (Å²) < 4.78 is 5.48. The van der Waals surface area contributed by atoms with Crippen LogP contribution < -0.4 is 10.5 Å². The molecule has 1 fully saturated rings. The molecule has 0 bridgehead atoms. The predicted octanol–water partition coefficient (Wildman–Crippen LogP) is 2.09. The number of ether oxygens (including phenoxy) is 1. The first-order chi connectivity index (χ1) is 8.65. The van der Waals surface area contributed by atoms with Crippen LogP contribution in [-0.4, -0.2) is 36.5 Å². The van der Waals surface area contributed by atoms with E-state index in [0.29, 0.717) is 24.6 Å². The van der Waals surface area contributed by atoms with Gasteiger partial charge in [-0.05, 0) is 30.7 Å². The fraction of sp³-hybridized carbons (Fsp3) is 0.462. The Bertz CT molecular complexity index is 412. The minimum atomic E-state index is 0. The fourth-order valence-corrected chi connectivity index (χ4v) is 2.08. The highest BCUT2D eigenvalue weighted by atomic mass is 35.5. The summed E-state index contributed by atoms with van der Waals surface area (Å²) in [4.78, 5) is 13.6. The SMILES string of the molecule is Cl.N[C@@H]1CCN(C(=O)CCOc2ccc(Cl)cc2)C1. The van der Waals surface area contributed by atoms with Crippen molar-refractivity contribution in [3.05, 3.63) is 29.3 Å². The molecular formula is C13H18Cl2N2O2. The van der Waals surface area contributed by atoms with Gasteiger partial charge in [-0.3, -0.25) is 4.79 Å². The molecule has 1 aromatic rings. The van der Waals surface area contributed by atoms with Crippen molar-refractivity contribution in [2.75, 3.05) is 19.7 Å².